The van der Waals surface area contributed by atoms with Gasteiger partial charge in [0.25, 0.3) is 0 Å². The summed E-state index contributed by atoms with van der Waals surface area (Å²) in [4.78, 5) is 47.0. The second-order valence-electron chi connectivity index (χ2n) is 15.7. The molecule has 0 aliphatic rings. The van der Waals surface area contributed by atoms with Gasteiger partial charge in [0.2, 0.25) is 5.60 Å². The van der Waals surface area contributed by atoms with Gasteiger partial charge in [-0.15, -0.1) is 0 Å². The summed E-state index contributed by atoms with van der Waals surface area (Å²) >= 11 is 0. The molecule has 0 spiro atoms. The number of nitrogens with zero attached hydrogens (tertiary/aromatic N) is 1. The Morgan fingerprint density at radius 2 is 0.816 bits per heavy atom. The lowest BCUT2D eigenvalue weighted by Crippen LogP contribution is -2.59. The van der Waals surface area contributed by atoms with E-state index < -0.39 is 25.0 Å². The van der Waals surface area contributed by atoms with Gasteiger partial charge in [0.1, 0.15) is 6.54 Å². The van der Waals surface area contributed by atoms with Crippen molar-refractivity contribution in [1.82, 2.24) is 0 Å². The molecule has 0 fully saturated rings. The fourth-order valence-corrected chi connectivity index (χ4v) is 7.42. The largest absolute Gasteiger partial charge is 0.471 e. The Labute approximate surface area is 303 Å². The summed E-state index contributed by atoms with van der Waals surface area (Å²) in [5.74, 6) is -0.983. The van der Waals surface area contributed by atoms with Gasteiger partial charge in [-0.25, -0.2) is 4.57 Å². The summed E-state index contributed by atoms with van der Waals surface area (Å²) in [5.41, 5.74) is -2.12. The van der Waals surface area contributed by atoms with Crippen LogP contribution in [-0.2, 0) is 18.7 Å². The highest BCUT2D eigenvalue weighted by molar-refractivity contribution is 7.46. The minimum absolute atomic E-state index is 0.0861. The predicted octanol–water partition coefficient (Wildman–Crippen LogP) is 12.0. The minimum atomic E-state index is -5.09. The molecule has 0 aliphatic heterocycles. The van der Waals surface area contributed by atoms with Crippen molar-refractivity contribution >= 4 is 19.4 Å². The van der Waals surface area contributed by atoms with Crippen molar-refractivity contribution in [1.29, 1.82) is 0 Å². The summed E-state index contributed by atoms with van der Waals surface area (Å²) < 4.78 is 17.5. The number of hydrogen-bond donors (Lipinski definition) is 2. The smallest absolute Gasteiger partial charge is 0.328 e. The van der Waals surface area contributed by atoms with Crippen LogP contribution in [0.2, 0.25) is 0 Å². The highest BCUT2D eigenvalue weighted by atomic mass is 31.2. The van der Waals surface area contributed by atoms with Gasteiger partial charge < -0.3 is 14.3 Å². The van der Waals surface area contributed by atoms with E-state index >= 15 is 0 Å². The highest BCUT2D eigenvalue weighted by Gasteiger charge is 2.53. The maximum Gasteiger partial charge on any atom is 0.471 e. The Bertz CT molecular complexity index is 880. The quantitative estimate of drug-likeness (QED) is 0.0218. The molecule has 0 aliphatic carbocycles. The first-order chi connectivity index (χ1) is 23.4. The SMILES string of the molecule is CCCCCCCC/C=C\CCCCCCCC(=O)C(C[N+](C)(C)C)(OP(=O)(O)O)C(=O)CCCCCCCCCCCCCCCCC. The lowest BCUT2D eigenvalue weighted by molar-refractivity contribution is -0.874. The third-order valence-corrected chi connectivity index (χ3v) is 10.1. The number of quaternary nitrogens is 1. The molecule has 0 saturated carbocycles. The number of ketones is 2. The van der Waals surface area contributed by atoms with Crippen molar-refractivity contribution in [3.05, 3.63) is 12.2 Å². The average molecular weight is 715 g/mol. The molecule has 0 amide bonds. The first-order valence-corrected chi connectivity index (χ1v) is 22.2. The van der Waals surface area contributed by atoms with Crippen molar-refractivity contribution in [3.63, 3.8) is 0 Å². The topological polar surface area (TPSA) is 101 Å². The fourth-order valence-electron chi connectivity index (χ4n) is 6.75. The van der Waals surface area contributed by atoms with E-state index in [4.69, 9.17) is 4.52 Å². The van der Waals surface area contributed by atoms with Crippen LogP contribution in [0.1, 0.15) is 206 Å². The van der Waals surface area contributed by atoms with Crippen LogP contribution >= 0.6 is 7.82 Å². The maximum atomic E-state index is 13.7. The molecule has 0 radical (unpaired) electrons. The molecular weight excluding hydrogens is 633 g/mol. The molecule has 0 rings (SSSR count). The molecule has 7 nitrogen and oxygen atoms in total. The van der Waals surface area contributed by atoms with Gasteiger partial charge in [-0.05, 0) is 38.5 Å². The number of likely N-dealkylation sites (N-methyl/N-ethyl adjacent to an activating group) is 1. The van der Waals surface area contributed by atoms with Crippen LogP contribution in [0.15, 0.2) is 12.2 Å². The van der Waals surface area contributed by atoms with E-state index in [0.29, 0.717) is 12.8 Å². The second kappa shape index (κ2) is 30.7. The number of rotatable bonds is 37. The van der Waals surface area contributed by atoms with Gasteiger partial charge in [-0.2, -0.15) is 0 Å². The Kier molecular flexibility index (Phi) is 30.2. The number of allylic oxidation sites excluding steroid dienone is 2. The van der Waals surface area contributed by atoms with E-state index in [1.807, 2.05) is 21.1 Å². The minimum Gasteiger partial charge on any atom is -0.328 e. The number of Topliss-reactive ketones (excluding diaryl/α,β-unsaturated/α-hetero) is 2. The van der Waals surface area contributed by atoms with Gasteiger partial charge >= 0.3 is 7.82 Å². The van der Waals surface area contributed by atoms with Crippen molar-refractivity contribution in [2.45, 2.75) is 212 Å². The van der Waals surface area contributed by atoms with Crippen LogP contribution in [0, 0.1) is 0 Å². The summed E-state index contributed by atoms with van der Waals surface area (Å²) in [6, 6.07) is 0. The average Bonchev–Trinajstić information content (AvgIpc) is 3.02. The predicted molar refractivity (Wildman–Crippen MR) is 208 cm³/mol. The Morgan fingerprint density at radius 1 is 0.531 bits per heavy atom. The Morgan fingerprint density at radius 3 is 1.10 bits per heavy atom. The zero-order chi connectivity index (χ0) is 36.7. The van der Waals surface area contributed by atoms with Crippen LogP contribution in [0.25, 0.3) is 0 Å². The van der Waals surface area contributed by atoms with E-state index in [0.717, 1.165) is 57.8 Å². The molecule has 290 valence electrons. The Hall–Kier alpha value is -0.850. The standard InChI is InChI=1S/C41H80NO6P/c1-6-8-10-12-14-16-18-20-22-24-26-28-30-32-34-36-39(43)41(38-42(3,4)5,48-49(45,46)47)40(44)37-35-33-31-29-27-25-23-21-19-17-15-13-11-9-7-2/h20,22H,6-19,21,23-38H2,1-5H3,(H-,45,46,47)/p+1/b22-20-. The van der Waals surface area contributed by atoms with Crippen molar-refractivity contribution < 1.29 is 32.9 Å². The number of phosphoric ester groups is 1. The molecule has 0 bridgehead atoms. The van der Waals surface area contributed by atoms with Crippen LogP contribution in [-0.4, -0.2) is 59.1 Å². The second-order valence-corrected chi connectivity index (χ2v) is 16.9. The van der Waals surface area contributed by atoms with E-state index in [1.165, 1.54) is 109 Å². The van der Waals surface area contributed by atoms with Gasteiger partial charge in [-0.3, -0.25) is 14.1 Å². The van der Waals surface area contributed by atoms with E-state index in [-0.39, 0.29) is 23.9 Å². The monoisotopic (exact) mass is 715 g/mol. The van der Waals surface area contributed by atoms with E-state index in [2.05, 4.69) is 26.0 Å². The fraction of sp³-hybridized carbons (Fsp3) is 0.902. The van der Waals surface area contributed by atoms with Crippen LogP contribution in [0.4, 0.5) is 0 Å². The van der Waals surface area contributed by atoms with Gasteiger partial charge in [0.15, 0.2) is 11.6 Å². The normalized spacial score (nSPS) is 13.7. The summed E-state index contributed by atoms with van der Waals surface area (Å²) in [7, 11) is 0.352. The van der Waals surface area contributed by atoms with Crippen LogP contribution < -0.4 is 0 Å². The number of hydrogen-bond acceptors (Lipinski definition) is 4. The highest BCUT2D eigenvalue weighted by Crippen LogP contribution is 2.44. The van der Waals surface area contributed by atoms with Crippen molar-refractivity contribution in [3.8, 4) is 0 Å². The molecule has 1 atom stereocenters. The Balaban J connectivity index is 4.57. The number of carbonyl (C=O) groups is 2. The number of carbonyl (C=O) groups excluding carboxylic acids is 2. The van der Waals surface area contributed by atoms with Gasteiger partial charge in [0.05, 0.1) is 21.1 Å². The zero-order valence-corrected chi connectivity index (χ0v) is 33.9. The molecule has 2 N–H and O–H groups in total. The molecule has 0 heterocycles. The molecule has 49 heavy (non-hydrogen) atoms. The summed E-state index contributed by atoms with van der Waals surface area (Å²) in [6.45, 7) is 4.41. The molecule has 0 aromatic carbocycles. The molecule has 1 unspecified atom stereocenters. The van der Waals surface area contributed by atoms with Crippen molar-refractivity contribution in [2.75, 3.05) is 27.7 Å². The number of unbranched alkanes of at least 4 members (excludes halogenated alkanes) is 25. The molecule has 8 heteroatoms. The van der Waals surface area contributed by atoms with Gasteiger partial charge in [0, 0.05) is 12.8 Å². The van der Waals surface area contributed by atoms with E-state index in [9.17, 15) is 23.9 Å². The molecule has 0 aromatic heterocycles. The zero-order valence-electron chi connectivity index (χ0n) is 33.0. The van der Waals surface area contributed by atoms with Crippen LogP contribution in [0.5, 0.6) is 0 Å². The third kappa shape index (κ3) is 29.4. The summed E-state index contributed by atoms with van der Waals surface area (Å²) in [5, 5.41) is 0. The first-order valence-electron chi connectivity index (χ1n) is 20.7. The molecule has 0 saturated heterocycles. The third-order valence-electron chi connectivity index (χ3n) is 9.55. The lowest BCUT2D eigenvalue weighted by atomic mass is 9.86. The molecule has 0 aromatic rings. The van der Waals surface area contributed by atoms with Crippen LogP contribution in [0.3, 0.4) is 0 Å². The van der Waals surface area contributed by atoms with Crippen molar-refractivity contribution in [2.24, 2.45) is 0 Å². The van der Waals surface area contributed by atoms with E-state index in [1.54, 1.807) is 0 Å². The lowest BCUT2D eigenvalue weighted by Gasteiger charge is -2.37. The summed E-state index contributed by atoms with van der Waals surface area (Å²) in [6.07, 6.45) is 37.8. The number of phosphoric acid groups is 1. The molecular formula is C41H81NO6P+. The first kappa shape index (κ1) is 48.1. The van der Waals surface area contributed by atoms with Gasteiger partial charge in [-0.1, -0.05) is 167 Å². The maximum absolute atomic E-state index is 13.7.